The number of benzene rings is 2. The van der Waals surface area contributed by atoms with Crippen LogP contribution in [0.2, 0.25) is 5.02 Å². The Balaban J connectivity index is 2.46. The predicted octanol–water partition coefficient (Wildman–Crippen LogP) is 6.66. The van der Waals surface area contributed by atoms with Crippen LogP contribution in [0.5, 0.6) is 0 Å². The molecule has 1 aliphatic carbocycles. The molecular formula is C18H16Cl4. The van der Waals surface area contributed by atoms with Crippen molar-refractivity contribution in [2.75, 3.05) is 0 Å². The van der Waals surface area contributed by atoms with E-state index in [9.17, 15) is 0 Å². The highest BCUT2D eigenvalue weighted by molar-refractivity contribution is 6.68. The molecule has 3 rings (SSSR count). The fraction of sp³-hybridized carbons (Fsp3) is 0.333. The minimum Gasteiger partial charge on any atom is -0.0843 e. The summed E-state index contributed by atoms with van der Waals surface area (Å²) in [5, 5.41) is 0.692. The Morgan fingerprint density at radius 1 is 0.773 bits per heavy atom. The summed E-state index contributed by atoms with van der Waals surface area (Å²) in [7, 11) is 0. The molecular weight excluding hydrogens is 358 g/mol. The molecule has 0 fully saturated rings. The molecule has 0 aliphatic heterocycles. The molecule has 0 aromatic heterocycles. The number of fused-ring (bicyclic) bond motifs is 2. The molecule has 0 nitrogen and oxygen atoms in total. The second-order valence-electron chi connectivity index (χ2n) is 6.48. The molecule has 1 atom stereocenters. The first-order valence-electron chi connectivity index (χ1n) is 7.07. The molecule has 0 radical (unpaired) electrons. The lowest BCUT2D eigenvalue weighted by atomic mass is 9.60. The van der Waals surface area contributed by atoms with Gasteiger partial charge in [-0.1, -0.05) is 90.6 Å². The molecule has 0 heterocycles. The molecule has 2 aromatic rings. The highest BCUT2D eigenvalue weighted by Gasteiger charge is 2.54. The Kier molecular flexibility index (Phi) is 3.78. The molecule has 116 valence electrons. The van der Waals surface area contributed by atoms with Crippen LogP contribution in [0.3, 0.4) is 0 Å². The van der Waals surface area contributed by atoms with E-state index >= 15 is 0 Å². The first kappa shape index (κ1) is 16.5. The van der Waals surface area contributed by atoms with Gasteiger partial charge in [-0.2, -0.15) is 0 Å². The molecule has 2 aromatic carbocycles. The van der Waals surface area contributed by atoms with Gasteiger partial charge in [-0.25, -0.2) is 0 Å². The van der Waals surface area contributed by atoms with Crippen molar-refractivity contribution in [1.29, 1.82) is 0 Å². The smallest absolute Gasteiger partial charge is 0.0843 e. The van der Waals surface area contributed by atoms with Crippen molar-refractivity contribution in [3.8, 4) is 0 Å². The van der Waals surface area contributed by atoms with Crippen LogP contribution in [0.4, 0.5) is 0 Å². The number of halogens is 4. The predicted molar refractivity (Wildman–Crippen MR) is 96.8 cm³/mol. The van der Waals surface area contributed by atoms with Crippen LogP contribution in [-0.4, -0.2) is 3.79 Å². The van der Waals surface area contributed by atoms with Gasteiger partial charge in [-0.15, -0.1) is 0 Å². The average Bonchev–Trinajstić information content (AvgIpc) is 2.44. The van der Waals surface area contributed by atoms with E-state index < -0.39 is 9.21 Å². The van der Waals surface area contributed by atoms with Gasteiger partial charge in [-0.05, 0) is 41.3 Å². The fourth-order valence-electron chi connectivity index (χ4n) is 3.53. The number of hydrogen-bond donors (Lipinski definition) is 0. The summed E-state index contributed by atoms with van der Waals surface area (Å²) in [5.74, 6) is 0. The number of rotatable bonds is 0. The first-order valence-corrected chi connectivity index (χ1v) is 8.58. The van der Waals surface area contributed by atoms with Gasteiger partial charge in [-0.3, -0.25) is 0 Å². The summed E-state index contributed by atoms with van der Waals surface area (Å²) in [4.78, 5) is 0. The van der Waals surface area contributed by atoms with E-state index in [1.807, 2.05) is 37.3 Å². The first-order chi connectivity index (χ1) is 10.1. The molecule has 0 spiro atoms. The Morgan fingerprint density at radius 3 is 1.91 bits per heavy atom. The van der Waals surface area contributed by atoms with E-state index in [1.54, 1.807) is 0 Å². The summed E-state index contributed by atoms with van der Waals surface area (Å²) in [6, 6.07) is 14.0. The van der Waals surface area contributed by atoms with Crippen molar-refractivity contribution in [3.05, 3.63) is 69.7 Å². The van der Waals surface area contributed by atoms with E-state index in [1.165, 1.54) is 5.56 Å². The Hall–Kier alpha value is -0.400. The second-order valence-corrected chi connectivity index (χ2v) is 9.20. The Labute approximate surface area is 151 Å². The zero-order chi connectivity index (χ0) is 16.3. The SMILES string of the molecule is CC1(C)c2ccccc2C(C)(C(Cl)(Cl)Cl)c2ccc(Cl)cc21. The van der Waals surface area contributed by atoms with Gasteiger partial charge in [0.05, 0.1) is 5.41 Å². The van der Waals surface area contributed by atoms with Crippen LogP contribution in [0, 0.1) is 0 Å². The molecule has 0 saturated carbocycles. The van der Waals surface area contributed by atoms with Crippen LogP contribution in [0.25, 0.3) is 0 Å². The minimum absolute atomic E-state index is 0.202. The number of alkyl halides is 3. The average molecular weight is 374 g/mol. The number of hydrogen-bond acceptors (Lipinski definition) is 0. The van der Waals surface area contributed by atoms with E-state index in [-0.39, 0.29) is 5.41 Å². The fourth-order valence-corrected chi connectivity index (χ4v) is 4.31. The Morgan fingerprint density at radius 2 is 1.32 bits per heavy atom. The highest BCUT2D eigenvalue weighted by atomic mass is 35.6. The van der Waals surface area contributed by atoms with Crippen molar-refractivity contribution < 1.29 is 0 Å². The van der Waals surface area contributed by atoms with Gasteiger partial charge >= 0.3 is 0 Å². The molecule has 22 heavy (non-hydrogen) atoms. The molecule has 0 amide bonds. The quantitative estimate of drug-likeness (QED) is 0.453. The van der Waals surface area contributed by atoms with Crippen molar-refractivity contribution in [1.82, 2.24) is 0 Å². The third-order valence-corrected chi connectivity index (χ3v) is 6.27. The summed E-state index contributed by atoms with van der Waals surface area (Å²) in [5.41, 5.74) is 3.40. The van der Waals surface area contributed by atoms with Gasteiger partial charge in [0.15, 0.2) is 0 Å². The van der Waals surface area contributed by atoms with Gasteiger partial charge in [0.1, 0.15) is 0 Å². The van der Waals surface area contributed by atoms with Crippen molar-refractivity contribution in [2.45, 2.75) is 35.4 Å². The van der Waals surface area contributed by atoms with Gasteiger partial charge in [0.2, 0.25) is 3.79 Å². The molecule has 0 N–H and O–H groups in total. The third-order valence-electron chi connectivity index (χ3n) is 4.90. The maximum atomic E-state index is 6.44. The van der Waals surface area contributed by atoms with Crippen molar-refractivity contribution in [2.24, 2.45) is 0 Å². The maximum absolute atomic E-state index is 6.44. The minimum atomic E-state index is -1.47. The van der Waals surface area contributed by atoms with Crippen LogP contribution in [0.1, 0.15) is 43.0 Å². The van der Waals surface area contributed by atoms with Gasteiger partial charge < -0.3 is 0 Å². The van der Waals surface area contributed by atoms with Crippen molar-refractivity contribution in [3.63, 3.8) is 0 Å². The summed E-state index contributed by atoms with van der Waals surface area (Å²) in [6.07, 6.45) is 0. The van der Waals surface area contributed by atoms with E-state index in [0.717, 1.165) is 16.7 Å². The molecule has 0 saturated heterocycles. The van der Waals surface area contributed by atoms with Crippen LogP contribution >= 0.6 is 46.4 Å². The monoisotopic (exact) mass is 372 g/mol. The Bertz CT molecular complexity index is 743. The lowest BCUT2D eigenvalue weighted by Gasteiger charge is -2.48. The highest BCUT2D eigenvalue weighted by Crippen LogP contribution is 2.58. The van der Waals surface area contributed by atoms with Gasteiger partial charge in [0.25, 0.3) is 0 Å². The van der Waals surface area contributed by atoms with Crippen LogP contribution < -0.4 is 0 Å². The summed E-state index contributed by atoms with van der Waals surface area (Å²) in [6.45, 7) is 6.35. The molecule has 4 heteroatoms. The molecule has 1 aliphatic rings. The lowest BCUT2D eigenvalue weighted by molar-refractivity contribution is 0.495. The largest absolute Gasteiger partial charge is 0.203 e. The van der Waals surface area contributed by atoms with Crippen molar-refractivity contribution >= 4 is 46.4 Å². The van der Waals surface area contributed by atoms with E-state index in [0.29, 0.717) is 5.02 Å². The van der Waals surface area contributed by atoms with Gasteiger partial charge in [0, 0.05) is 10.4 Å². The molecule has 0 bridgehead atoms. The van der Waals surface area contributed by atoms with Crippen LogP contribution in [0.15, 0.2) is 42.5 Å². The summed E-state index contributed by atoms with van der Waals surface area (Å²) < 4.78 is -1.47. The van der Waals surface area contributed by atoms with E-state index in [4.69, 9.17) is 46.4 Å². The normalized spacial score (nSPS) is 22.9. The third kappa shape index (κ3) is 2.12. The molecule has 1 unspecified atom stereocenters. The van der Waals surface area contributed by atoms with Crippen LogP contribution in [-0.2, 0) is 10.8 Å². The maximum Gasteiger partial charge on any atom is 0.203 e. The lowest BCUT2D eigenvalue weighted by Crippen LogP contribution is -2.46. The second kappa shape index (κ2) is 5.05. The van der Waals surface area contributed by atoms with E-state index in [2.05, 4.69) is 26.0 Å². The standard InChI is InChI=1S/C18H16Cl4/c1-16(2)12-6-4-5-7-13(12)17(3,18(20,21)22)14-9-8-11(19)10-15(14)16/h4-10H,1-3H3. The summed E-state index contributed by atoms with van der Waals surface area (Å²) >= 11 is 25.6. The zero-order valence-electron chi connectivity index (χ0n) is 12.6. The zero-order valence-corrected chi connectivity index (χ0v) is 15.6. The topological polar surface area (TPSA) is 0 Å².